The number of amides is 1. The standard InChI is InChI=1S/C18H17N5O4/c1-25-14-11-15(26-2)21-18(20-14)27-13-9-6-10-19-16(13)17(24)23-22-12-7-4-3-5-8-12/h3-11,22H,1-2H3,(H,23,24). The van der Waals surface area contributed by atoms with E-state index in [4.69, 9.17) is 14.2 Å². The lowest BCUT2D eigenvalue weighted by atomic mass is 10.3. The van der Waals surface area contributed by atoms with Crippen molar-refractivity contribution in [2.75, 3.05) is 19.6 Å². The van der Waals surface area contributed by atoms with Gasteiger partial charge >= 0.3 is 6.01 Å². The van der Waals surface area contributed by atoms with E-state index in [-0.39, 0.29) is 29.2 Å². The molecule has 0 atom stereocenters. The first-order valence-corrected chi connectivity index (χ1v) is 7.91. The van der Waals surface area contributed by atoms with Crippen LogP contribution in [-0.2, 0) is 0 Å². The SMILES string of the molecule is COc1cc(OC)nc(Oc2cccnc2C(=O)NNc2ccccc2)n1. The van der Waals surface area contributed by atoms with E-state index in [0.717, 1.165) is 5.69 Å². The highest BCUT2D eigenvalue weighted by Gasteiger charge is 2.16. The largest absolute Gasteiger partial charge is 0.481 e. The predicted molar refractivity (Wildman–Crippen MR) is 97.0 cm³/mol. The second kappa shape index (κ2) is 8.48. The van der Waals surface area contributed by atoms with Gasteiger partial charge in [0.2, 0.25) is 11.8 Å². The summed E-state index contributed by atoms with van der Waals surface area (Å²) in [6.45, 7) is 0. The molecule has 0 aliphatic heterocycles. The zero-order valence-corrected chi connectivity index (χ0v) is 14.7. The predicted octanol–water partition coefficient (Wildman–Crippen LogP) is 2.44. The number of para-hydroxylation sites is 1. The number of hydrogen-bond acceptors (Lipinski definition) is 8. The lowest BCUT2D eigenvalue weighted by Crippen LogP contribution is -2.30. The Hall–Kier alpha value is -3.88. The molecule has 1 amide bonds. The molecular weight excluding hydrogens is 350 g/mol. The number of carbonyl (C=O) groups excluding carboxylic acids is 1. The molecule has 3 rings (SSSR count). The van der Waals surface area contributed by atoms with Crippen LogP contribution in [0.4, 0.5) is 5.69 Å². The van der Waals surface area contributed by atoms with Crippen LogP contribution in [0, 0.1) is 0 Å². The molecule has 9 nitrogen and oxygen atoms in total. The molecule has 0 unspecified atom stereocenters. The van der Waals surface area contributed by atoms with Crippen molar-refractivity contribution < 1.29 is 19.0 Å². The topological polar surface area (TPSA) is 107 Å². The summed E-state index contributed by atoms with van der Waals surface area (Å²) in [5.74, 6) is 0.222. The number of pyridine rings is 1. The number of carbonyl (C=O) groups is 1. The van der Waals surface area contributed by atoms with Crippen molar-refractivity contribution in [1.82, 2.24) is 20.4 Å². The monoisotopic (exact) mass is 367 g/mol. The van der Waals surface area contributed by atoms with Crippen molar-refractivity contribution in [2.24, 2.45) is 0 Å². The molecule has 0 saturated carbocycles. The van der Waals surface area contributed by atoms with Crippen molar-refractivity contribution >= 4 is 11.6 Å². The molecule has 2 heterocycles. The minimum Gasteiger partial charge on any atom is -0.481 e. The Kier molecular flexibility index (Phi) is 5.63. The van der Waals surface area contributed by atoms with Crippen LogP contribution in [0.1, 0.15) is 10.5 Å². The summed E-state index contributed by atoms with van der Waals surface area (Å²) in [4.78, 5) is 24.7. The summed E-state index contributed by atoms with van der Waals surface area (Å²) in [5, 5.41) is 0. The molecule has 138 valence electrons. The Balaban J connectivity index is 1.78. The highest BCUT2D eigenvalue weighted by Crippen LogP contribution is 2.25. The summed E-state index contributed by atoms with van der Waals surface area (Å²) in [5.41, 5.74) is 6.16. The van der Waals surface area contributed by atoms with Crippen molar-refractivity contribution in [3.63, 3.8) is 0 Å². The van der Waals surface area contributed by atoms with Crippen molar-refractivity contribution in [2.45, 2.75) is 0 Å². The third-order valence-corrected chi connectivity index (χ3v) is 3.36. The normalized spacial score (nSPS) is 10.0. The van der Waals surface area contributed by atoms with Crippen LogP contribution >= 0.6 is 0 Å². The van der Waals surface area contributed by atoms with Gasteiger partial charge in [0.25, 0.3) is 5.91 Å². The minimum absolute atomic E-state index is 0.0377. The number of methoxy groups -OCH3 is 2. The van der Waals surface area contributed by atoms with E-state index in [1.165, 1.54) is 26.5 Å². The number of hydrogen-bond donors (Lipinski definition) is 2. The number of nitrogens with zero attached hydrogens (tertiary/aromatic N) is 3. The van der Waals surface area contributed by atoms with Gasteiger partial charge in [-0.2, -0.15) is 9.97 Å². The van der Waals surface area contributed by atoms with Gasteiger partial charge in [0, 0.05) is 6.20 Å². The second-order valence-electron chi connectivity index (χ2n) is 5.13. The molecule has 0 radical (unpaired) electrons. The summed E-state index contributed by atoms with van der Waals surface area (Å²) >= 11 is 0. The maximum Gasteiger partial charge on any atom is 0.328 e. The maximum atomic E-state index is 12.5. The summed E-state index contributed by atoms with van der Waals surface area (Å²) in [6, 6.07) is 13.9. The average Bonchev–Trinajstić information content (AvgIpc) is 2.72. The van der Waals surface area contributed by atoms with E-state index in [1.54, 1.807) is 12.1 Å². The van der Waals surface area contributed by atoms with Crippen LogP contribution in [0.15, 0.2) is 54.7 Å². The molecule has 1 aromatic carbocycles. The molecule has 0 aliphatic carbocycles. The van der Waals surface area contributed by atoms with Gasteiger partial charge in [0.1, 0.15) is 0 Å². The molecule has 0 bridgehead atoms. The van der Waals surface area contributed by atoms with Crippen LogP contribution in [0.2, 0.25) is 0 Å². The van der Waals surface area contributed by atoms with Crippen molar-refractivity contribution in [3.05, 3.63) is 60.4 Å². The lowest BCUT2D eigenvalue weighted by Gasteiger charge is -2.11. The van der Waals surface area contributed by atoms with Gasteiger partial charge in [-0.3, -0.25) is 15.6 Å². The van der Waals surface area contributed by atoms with E-state index in [2.05, 4.69) is 25.8 Å². The number of benzene rings is 1. The summed E-state index contributed by atoms with van der Waals surface area (Å²) in [6.07, 6.45) is 1.48. The van der Waals surface area contributed by atoms with Crippen LogP contribution in [0.25, 0.3) is 0 Å². The third-order valence-electron chi connectivity index (χ3n) is 3.36. The van der Waals surface area contributed by atoms with Crippen molar-refractivity contribution in [1.29, 1.82) is 0 Å². The molecule has 2 N–H and O–H groups in total. The van der Waals surface area contributed by atoms with E-state index in [1.807, 2.05) is 30.3 Å². The van der Waals surface area contributed by atoms with Crippen molar-refractivity contribution in [3.8, 4) is 23.5 Å². The van der Waals surface area contributed by atoms with Gasteiger partial charge in [-0.1, -0.05) is 18.2 Å². The fourth-order valence-electron chi connectivity index (χ4n) is 2.09. The number of rotatable bonds is 7. The maximum absolute atomic E-state index is 12.5. The fraction of sp³-hybridized carbons (Fsp3) is 0.111. The quantitative estimate of drug-likeness (QED) is 0.613. The molecule has 0 aliphatic rings. The number of nitrogens with one attached hydrogen (secondary N) is 2. The number of aromatic nitrogens is 3. The van der Waals surface area contributed by atoms with Gasteiger partial charge in [-0.25, -0.2) is 4.98 Å². The fourth-order valence-corrected chi connectivity index (χ4v) is 2.09. The van der Waals surface area contributed by atoms with E-state index < -0.39 is 5.91 Å². The van der Waals surface area contributed by atoms with E-state index in [9.17, 15) is 4.79 Å². The first-order valence-electron chi connectivity index (χ1n) is 7.91. The molecule has 0 spiro atoms. The molecule has 3 aromatic rings. The first kappa shape index (κ1) is 17.9. The number of hydrazine groups is 1. The minimum atomic E-state index is -0.482. The van der Waals surface area contributed by atoms with E-state index >= 15 is 0 Å². The zero-order valence-electron chi connectivity index (χ0n) is 14.7. The Labute approximate surface area is 155 Å². The Bertz CT molecular complexity index is 898. The van der Waals surface area contributed by atoms with Gasteiger partial charge in [-0.15, -0.1) is 0 Å². The number of ether oxygens (including phenoxy) is 3. The molecule has 27 heavy (non-hydrogen) atoms. The molecular formula is C18H17N5O4. The van der Waals surface area contributed by atoms with Gasteiger partial charge in [0.15, 0.2) is 11.4 Å². The summed E-state index contributed by atoms with van der Waals surface area (Å²) in [7, 11) is 2.92. The molecule has 0 saturated heterocycles. The highest BCUT2D eigenvalue weighted by molar-refractivity contribution is 5.95. The first-order chi connectivity index (χ1) is 13.2. The van der Waals surface area contributed by atoms with Crippen LogP contribution in [-0.4, -0.2) is 35.1 Å². The van der Waals surface area contributed by atoms with Crippen LogP contribution in [0.5, 0.6) is 23.5 Å². The molecule has 0 fully saturated rings. The Morgan fingerprint density at radius 1 is 0.963 bits per heavy atom. The van der Waals surface area contributed by atoms with Crippen LogP contribution < -0.4 is 25.1 Å². The zero-order chi connectivity index (χ0) is 19.1. The lowest BCUT2D eigenvalue weighted by molar-refractivity contribution is 0.0955. The summed E-state index contributed by atoms with van der Waals surface area (Å²) < 4.78 is 15.8. The smallest absolute Gasteiger partial charge is 0.328 e. The van der Waals surface area contributed by atoms with Gasteiger partial charge in [0.05, 0.1) is 26.0 Å². The Morgan fingerprint density at radius 2 is 1.67 bits per heavy atom. The van der Waals surface area contributed by atoms with Gasteiger partial charge in [-0.05, 0) is 24.3 Å². The third kappa shape index (κ3) is 4.60. The second-order valence-corrected chi connectivity index (χ2v) is 5.13. The molecule has 2 aromatic heterocycles. The number of anilines is 1. The van der Waals surface area contributed by atoms with E-state index in [0.29, 0.717) is 0 Å². The van der Waals surface area contributed by atoms with Crippen LogP contribution in [0.3, 0.4) is 0 Å². The molecule has 9 heteroatoms. The average molecular weight is 367 g/mol. The van der Waals surface area contributed by atoms with Gasteiger partial charge < -0.3 is 14.2 Å². The Morgan fingerprint density at radius 3 is 2.33 bits per heavy atom. The highest BCUT2D eigenvalue weighted by atomic mass is 16.5.